The lowest BCUT2D eigenvalue weighted by Gasteiger charge is -2.20. The molecule has 6 nitrogen and oxygen atoms in total. The van der Waals surface area contributed by atoms with Crippen molar-refractivity contribution in [3.63, 3.8) is 0 Å². The van der Waals surface area contributed by atoms with Crippen LogP contribution in [0.4, 0.5) is 5.69 Å². The summed E-state index contributed by atoms with van der Waals surface area (Å²) in [6.45, 7) is 4.31. The van der Waals surface area contributed by atoms with Gasteiger partial charge in [-0.25, -0.2) is 4.98 Å². The summed E-state index contributed by atoms with van der Waals surface area (Å²) in [4.78, 5) is 31.3. The molecule has 7 heteroatoms. The third kappa shape index (κ3) is 5.45. The minimum Gasteiger partial charge on any atom is -0.495 e. The SMILES string of the molecule is CCN(CC(=O)Nc1ccccc1OC)C(=O)Cc1csc(-c2ccc(C)cc2)n1. The molecule has 0 radical (unpaired) electrons. The van der Waals surface area contributed by atoms with Gasteiger partial charge in [0.05, 0.1) is 31.5 Å². The first-order valence-corrected chi connectivity index (χ1v) is 10.6. The number of amides is 2. The summed E-state index contributed by atoms with van der Waals surface area (Å²) < 4.78 is 5.25. The molecule has 30 heavy (non-hydrogen) atoms. The van der Waals surface area contributed by atoms with E-state index in [9.17, 15) is 9.59 Å². The van der Waals surface area contributed by atoms with E-state index >= 15 is 0 Å². The molecular weight excluding hydrogens is 398 g/mol. The van der Waals surface area contributed by atoms with Crippen LogP contribution in [0.15, 0.2) is 53.9 Å². The number of ether oxygens (including phenoxy) is 1. The molecule has 0 aliphatic carbocycles. The van der Waals surface area contributed by atoms with Gasteiger partial charge in [0, 0.05) is 17.5 Å². The van der Waals surface area contributed by atoms with Crippen molar-refractivity contribution in [2.75, 3.05) is 25.5 Å². The van der Waals surface area contributed by atoms with Gasteiger partial charge in [-0.15, -0.1) is 11.3 Å². The van der Waals surface area contributed by atoms with Crippen LogP contribution in [-0.4, -0.2) is 41.9 Å². The van der Waals surface area contributed by atoms with Crippen molar-refractivity contribution in [1.29, 1.82) is 0 Å². The number of para-hydroxylation sites is 2. The molecule has 0 bridgehead atoms. The van der Waals surface area contributed by atoms with E-state index in [0.717, 1.165) is 10.6 Å². The number of hydrogen-bond acceptors (Lipinski definition) is 5. The summed E-state index contributed by atoms with van der Waals surface area (Å²) in [6.07, 6.45) is 0.165. The minimum atomic E-state index is -0.270. The molecule has 1 N–H and O–H groups in total. The molecule has 3 rings (SSSR count). The molecule has 0 fully saturated rings. The Morgan fingerprint density at radius 3 is 2.57 bits per heavy atom. The molecule has 0 spiro atoms. The van der Waals surface area contributed by atoms with Crippen molar-refractivity contribution in [2.24, 2.45) is 0 Å². The second-order valence-corrected chi connectivity index (χ2v) is 7.70. The van der Waals surface area contributed by atoms with E-state index in [-0.39, 0.29) is 24.8 Å². The van der Waals surface area contributed by atoms with Crippen molar-refractivity contribution in [3.8, 4) is 16.3 Å². The van der Waals surface area contributed by atoms with Gasteiger partial charge in [0.25, 0.3) is 0 Å². The molecule has 1 aromatic heterocycles. The lowest BCUT2D eigenvalue weighted by Crippen LogP contribution is -2.38. The third-order valence-electron chi connectivity index (χ3n) is 4.63. The summed E-state index contributed by atoms with van der Waals surface area (Å²) in [5.74, 6) is 0.174. The fraction of sp³-hybridized carbons (Fsp3) is 0.261. The minimum absolute atomic E-state index is 0.0255. The van der Waals surface area contributed by atoms with Crippen LogP contribution < -0.4 is 10.1 Å². The van der Waals surface area contributed by atoms with Crippen LogP contribution >= 0.6 is 11.3 Å². The van der Waals surface area contributed by atoms with Crippen molar-refractivity contribution in [2.45, 2.75) is 20.3 Å². The zero-order chi connectivity index (χ0) is 21.5. The molecule has 0 aliphatic rings. The Labute approximate surface area is 180 Å². The molecule has 0 atom stereocenters. The van der Waals surface area contributed by atoms with E-state index in [2.05, 4.69) is 10.3 Å². The number of anilines is 1. The molecule has 0 saturated heterocycles. The number of nitrogens with one attached hydrogen (secondary N) is 1. The Balaban J connectivity index is 1.61. The Morgan fingerprint density at radius 1 is 1.13 bits per heavy atom. The van der Waals surface area contributed by atoms with Gasteiger partial charge in [-0.2, -0.15) is 0 Å². The number of aromatic nitrogens is 1. The van der Waals surface area contributed by atoms with Crippen LogP contribution in [0.3, 0.4) is 0 Å². The molecule has 2 aromatic carbocycles. The van der Waals surface area contributed by atoms with E-state index in [0.29, 0.717) is 23.7 Å². The van der Waals surface area contributed by atoms with Crippen LogP contribution in [0.25, 0.3) is 10.6 Å². The number of methoxy groups -OCH3 is 1. The standard InChI is InChI=1S/C23H25N3O3S/c1-4-26(14-21(27)25-19-7-5-6-8-20(19)29-3)22(28)13-18-15-30-23(24-18)17-11-9-16(2)10-12-17/h5-12,15H,4,13-14H2,1-3H3,(H,25,27). The van der Waals surface area contributed by atoms with Crippen LogP contribution in [0.1, 0.15) is 18.2 Å². The van der Waals surface area contributed by atoms with Crippen molar-refractivity contribution in [3.05, 3.63) is 65.2 Å². The Morgan fingerprint density at radius 2 is 1.87 bits per heavy atom. The molecular formula is C23H25N3O3S. The van der Waals surface area contributed by atoms with Gasteiger partial charge in [-0.1, -0.05) is 42.0 Å². The van der Waals surface area contributed by atoms with Gasteiger partial charge in [0.2, 0.25) is 11.8 Å². The van der Waals surface area contributed by atoms with Gasteiger partial charge in [-0.3, -0.25) is 9.59 Å². The van der Waals surface area contributed by atoms with Crippen LogP contribution in [0.5, 0.6) is 5.75 Å². The Bertz CT molecular complexity index is 1010. The van der Waals surface area contributed by atoms with Crippen LogP contribution in [-0.2, 0) is 16.0 Å². The summed E-state index contributed by atoms with van der Waals surface area (Å²) in [5.41, 5.74) is 3.52. The number of carbonyl (C=O) groups excluding carboxylic acids is 2. The maximum Gasteiger partial charge on any atom is 0.244 e. The zero-order valence-corrected chi connectivity index (χ0v) is 18.2. The third-order valence-corrected chi connectivity index (χ3v) is 5.57. The monoisotopic (exact) mass is 423 g/mol. The average molecular weight is 424 g/mol. The highest BCUT2D eigenvalue weighted by Crippen LogP contribution is 2.25. The largest absolute Gasteiger partial charge is 0.495 e. The van der Waals surface area contributed by atoms with Crippen LogP contribution in [0.2, 0.25) is 0 Å². The molecule has 2 amide bonds. The van der Waals surface area contributed by atoms with Crippen molar-refractivity contribution in [1.82, 2.24) is 9.88 Å². The first-order chi connectivity index (χ1) is 14.5. The maximum atomic E-state index is 12.7. The number of thiazole rings is 1. The fourth-order valence-corrected chi connectivity index (χ4v) is 3.80. The lowest BCUT2D eigenvalue weighted by molar-refractivity contribution is -0.133. The fourth-order valence-electron chi connectivity index (χ4n) is 2.97. The zero-order valence-electron chi connectivity index (χ0n) is 17.3. The topological polar surface area (TPSA) is 71.5 Å². The Hall–Kier alpha value is -3.19. The van der Waals surface area contributed by atoms with Gasteiger partial charge < -0.3 is 15.0 Å². The van der Waals surface area contributed by atoms with Gasteiger partial charge in [-0.05, 0) is 26.0 Å². The van der Waals surface area contributed by atoms with E-state index in [1.165, 1.54) is 21.8 Å². The molecule has 156 valence electrons. The average Bonchev–Trinajstić information content (AvgIpc) is 3.21. The van der Waals surface area contributed by atoms with E-state index in [4.69, 9.17) is 4.74 Å². The predicted molar refractivity (Wildman–Crippen MR) is 120 cm³/mol. The summed E-state index contributed by atoms with van der Waals surface area (Å²) >= 11 is 1.51. The quantitative estimate of drug-likeness (QED) is 0.591. The van der Waals surface area contributed by atoms with E-state index in [1.807, 2.05) is 55.6 Å². The Kier molecular flexibility index (Phi) is 7.19. The predicted octanol–water partition coefficient (Wildman–Crippen LogP) is 4.16. The second kappa shape index (κ2) is 10.0. The molecule has 1 heterocycles. The highest BCUT2D eigenvalue weighted by molar-refractivity contribution is 7.13. The van der Waals surface area contributed by atoms with Crippen LogP contribution in [0, 0.1) is 6.92 Å². The smallest absolute Gasteiger partial charge is 0.244 e. The number of likely N-dealkylation sites (N-methyl/N-ethyl adjacent to an activating group) is 1. The van der Waals surface area contributed by atoms with Crippen molar-refractivity contribution < 1.29 is 14.3 Å². The highest BCUT2D eigenvalue weighted by atomic mass is 32.1. The summed E-state index contributed by atoms with van der Waals surface area (Å²) in [6, 6.07) is 15.3. The number of rotatable bonds is 8. The summed E-state index contributed by atoms with van der Waals surface area (Å²) in [7, 11) is 1.55. The molecule has 0 unspecified atom stereocenters. The number of benzene rings is 2. The van der Waals surface area contributed by atoms with Gasteiger partial charge in [0.1, 0.15) is 10.8 Å². The molecule has 3 aromatic rings. The first-order valence-electron chi connectivity index (χ1n) is 9.72. The van der Waals surface area contributed by atoms with Gasteiger partial charge >= 0.3 is 0 Å². The first kappa shape index (κ1) is 21.5. The van der Waals surface area contributed by atoms with E-state index in [1.54, 1.807) is 19.2 Å². The number of aryl methyl sites for hydroxylation is 1. The molecule has 0 aliphatic heterocycles. The number of nitrogens with zero attached hydrogens (tertiary/aromatic N) is 2. The molecule has 0 saturated carbocycles. The second-order valence-electron chi connectivity index (χ2n) is 6.84. The normalized spacial score (nSPS) is 10.5. The van der Waals surface area contributed by atoms with Crippen molar-refractivity contribution >= 4 is 28.8 Å². The van der Waals surface area contributed by atoms with Gasteiger partial charge in [0.15, 0.2) is 0 Å². The summed E-state index contributed by atoms with van der Waals surface area (Å²) in [5, 5.41) is 5.59. The van der Waals surface area contributed by atoms with E-state index < -0.39 is 0 Å². The number of hydrogen-bond donors (Lipinski definition) is 1. The maximum absolute atomic E-state index is 12.7. The number of carbonyl (C=O) groups is 2. The highest BCUT2D eigenvalue weighted by Gasteiger charge is 2.18. The lowest BCUT2D eigenvalue weighted by atomic mass is 10.2.